The molecule has 3 N–H and O–H groups in total. The fourth-order valence-corrected chi connectivity index (χ4v) is 1.64. The number of rotatable bonds is 5. The number of aryl methyl sites for hydroxylation is 1. The number of benzene rings is 1. The first-order valence-electron chi connectivity index (χ1n) is 5.60. The van der Waals surface area contributed by atoms with E-state index < -0.39 is 0 Å². The molecule has 0 amide bonds. The number of H-pyrrole nitrogens is 1. The van der Waals surface area contributed by atoms with Crippen LogP contribution in [0.1, 0.15) is 17.0 Å². The van der Waals surface area contributed by atoms with E-state index in [9.17, 15) is 5.11 Å². The average molecular weight is 232 g/mol. The minimum Gasteiger partial charge on any atom is -0.507 e. The Morgan fingerprint density at radius 2 is 2.29 bits per heavy atom. The van der Waals surface area contributed by atoms with Crippen molar-refractivity contribution in [3.05, 3.63) is 41.5 Å². The van der Waals surface area contributed by atoms with Crippen LogP contribution in [0.15, 0.2) is 24.5 Å². The van der Waals surface area contributed by atoms with Gasteiger partial charge in [-0.3, -0.25) is 5.10 Å². The first kappa shape index (κ1) is 11.6. The number of aromatic amines is 1. The molecule has 0 radical (unpaired) electrons. The van der Waals surface area contributed by atoms with Gasteiger partial charge in [-0.1, -0.05) is 18.2 Å². The van der Waals surface area contributed by atoms with Gasteiger partial charge in [-0.2, -0.15) is 5.10 Å². The van der Waals surface area contributed by atoms with Gasteiger partial charge in [-0.25, -0.2) is 4.98 Å². The van der Waals surface area contributed by atoms with Crippen molar-refractivity contribution in [3.63, 3.8) is 0 Å². The molecule has 0 saturated heterocycles. The van der Waals surface area contributed by atoms with Crippen molar-refractivity contribution in [1.82, 2.24) is 20.5 Å². The molecule has 0 atom stereocenters. The summed E-state index contributed by atoms with van der Waals surface area (Å²) in [6.07, 6.45) is 2.30. The quantitative estimate of drug-likeness (QED) is 0.676. The maximum Gasteiger partial charge on any atom is 0.137 e. The van der Waals surface area contributed by atoms with Crippen LogP contribution >= 0.6 is 0 Å². The summed E-state index contributed by atoms with van der Waals surface area (Å²) >= 11 is 0. The third kappa shape index (κ3) is 3.04. The number of nitrogens with one attached hydrogen (secondary N) is 2. The smallest absolute Gasteiger partial charge is 0.137 e. The Hall–Kier alpha value is -1.88. The molecular formula is C12H16N4O. The molecule has 2 rings (SSSR count). The van der Waals surface area contributed by atoms with Crippen LogP contribution in [0.4, 0.5) is 0 Å². The van der Waals surface area contributed by atoms with Crippen LogP contribution in [0.25, 0.3) is 0 Å². The fraction of sp³-hybridized carbons (Fsp3) is 0.333. The molecule has 0 aliphatic heterocycles. The molecule has 17 heavy (non-hydrogen) atoms. The molecule has 90 valence electrons. The largest absolute Gasteiger partial charge is 0.507 e. The molecule has 0 fully saturated rings. The molecule has 5 heteroatoms. The Bertz CT molecular complexity index is 467. The maximum absolute atomic E-state index is 9.81. The molecule has 1 aromatic carbocycles. The molecule has 0 aliphatic rings. The molecular weight excluding hydrogens is 216 g/mol. The summed E-state index contributed by atoms with van der Waals surface area (Å²) in [5.41, 5.74) is 1.82. The first-order chi connectivity index (χ1) is 8.27. The highest BCUT2D eigenvalue weighted by Gasteiger charge is 2.02. The number of hydrogen-bond acceptors (Lipinski definition) is 4. The van der Waals surface area contributed by atoms with Crippen LogP contribution in [0.2, 0.25) is 0 Å². The normalized spacial score (nSPS) is 10.6. The van der Waals surface area contributed by atoms with Crippen LogP contribution in [-0.2, 0) is 13.0 Å². The second kappa shape index (κ2) is 5.45. The van der Waals surface area contributed by atoms with Crippen molar-refractivity contribution in [2.45, 2.75) is 19.9 Å². The monoisotopic (exact) mass is 232 g/mol. The van der Waals surface area contributed by atoms with Crippen molar-refractivity contribution in [2.24, 2.45) is 0 Å². The molecule has 1 heterocycles. The fourth-order valence-electron chi connectivity index (χ4n) is 1.64. The Labute approximate surface area is 99.9 Å². The number of aromatic nitrogens is 3. The van der Waals surface area contributed by atoms with Crippen molar-refractivity contribution in [1.29, 1.82) is 0 Å². The summed E-state index contributed by atoms with van der Waals surface area (Å²) in [5, 5.41) is 19.7. The summed E-state index contributed by atoms with van der Waals surface area (Å²) in [5.74, 6) is 1.24. The van der Waals surface area contributed by atoms with Gasteiger partial charge in [0, 0.05) is 25.1 Å². The van der Waals surface area contributed by atoms with E-state index in [-0.39, 0.29) is 0 Å². The highest BCUT2D eigenvalue weighted by atomic mass is 16.3. The minimum absolute atomic E-state index is 0.375. The van der Waals surface area contributed by atoms with Crippen LogP contribution < -0.4 is 5.32 Å². The van der Waals surface area contributed by atoms with Gasteiger partial charge in [0.2, 0.25) is 0 Å². The molecule has 1 aromatic heterocycles. The van der Waals surface area contributed by atoms with Crippen LogP contribution in [0.5, 0.6) is 5.75 Å². The lowest BCUT2D eigenvalue weighted by Gasteiger charge is -2.07. The van der Waals surface area contributed by atoms with Gasteiger partial charge in [0.15, 0.2) is 0 Å². The van der Waals surface area contributed by atoms with Crippen LogP contribution in [0.3, 0.4) is 0 Å². The molecule has 0 bridgehead atoms. The van der Waals surface area contributed by atoms with Gasteiger partial charge in [-0.05, 0) is 12.5 Å². The molecule has 0 unspecified atom stereocenters. The van der Waals surface area contributed by atoms with Crippen molar-refractivity contribution < 1.29 is 5.11 Å². The zero-order valence-corrected chi connectivity index (χ0v) is 9.77. The van der Waals surface area contributed by atoms with Crippen molar-refractivity contribution >= 4 is 0 Å². The second-order valence-corrected chi connectivity index (χ2v) is 3.94. The van der Waals surface area contributed by atoms with E-state index in [0.717, 1.165) is 29.9 Å². The summed E-state index contributed by atoms with van der Waals surface area (Å²) in [6.45, 7) is 3.34. The van der Waals surface area contributed by atoms with Gasteiger partial charge in [0.05, 0.1) is 0 Å². The summed E-state index contributed by atoms with van der Waals surface area (Å²) < 4.78 is 0. The molecule has 5 nitrogen and oxygen atoms in total. The van der Waals surface area contributed by atoms with Crippen molar-refractivity contribution in [2.75, 3.05) is 6.54 Å². The summed E-state index contributed by atoms with van der Waals surface area (Å²) in [4.78, 5) is 4.04. The number of para-hydroxylation sites is 1. The van der Waals surface area contributed by atoms with E-state index in [1.54, 1.807) is 0 Å². The van der Waals surface area contributed by atoms with Gasteiger partial charge >= 0.3 is 0 Å². The number of aromatic hydroxyl groups is 1. The predicted octanol–water partition coefficient (Wildman–Crippen LogP) is 1.15. The van der Waals surface area contributed by atoms with E-state index in [1.807, 2.05) is 25.1 Å². The van der Waals surface area contributed by atoms with E-state index in [1.165, 1.54) is 6.33 Å². The SMILES string of the molecule is Cc1cccc(CNCCc2ncn[nH]2)c1O. The average Bonchev–Trinajstić information content (AvgIpc) is 2.83. The van der Waals surface area contributed by atoms with Gasteiger partial charge < -0.3 is 10.4 Å². The molecule has 0 spiro atoms. The predicted molar refractivity (Wildman–Crippen MR) is 64.6 cm³/mol. The van der Waals surface area contributed by atoms with E-state index in [2.05, 4.69) is 20.5 Å². The zero-order chi connectivity index (χ0) is 12.1. The zero-order valence-electron chi connectivity index (χ0n) is 9.77. The van der Waals surface area contributed by atoms with Crippen LogP contribution in [-0.4, -0.2) is 26.8 Å². The Morgan fingerprint density at radius 3 is 3.06 bits per heavy atom. The van der Waals surface area contributed by atoms with Gasteiger partial charge in [0.25, 0.3) is 0 Å². The topological polar surface area (TPSA) is 73.8 Å². The van der Waals surface area contributed by atoms with E-state index >= 15 is 0 Å². The third-order valence-electron chi connectivity index (χ3n) is 2.64. The highest BCUT2D eigenvalue weighted by Crippen LogP contribution is 2.20. The van der Waals surface area contributed by atoms with E-state index in [4.69, 9.17) is 0 Å². The van der Waals surface area contributed by atoms with E-state index in [0.29, 0.717) is 12.3 Å². The number of nitrogens with zero attached hydrogens (tertiary/aromatic N) is 2. The summed E-state index contributed by atoms with van der Waals surface area (Å²) in [7, 11) is 0. The lowest BCUT2D eigenvalue weighted by molar-refractivity contribution is 0.460. The van der Waals surface area contributed by atoms with Gasteiger partial charge in [0.1, 0.15) is 17.9 Å². The number of hydrogen-bond donors (Lipinski definition) is 3. The lowest BCUT2D eigenvalue weighted by atomic mass is 10.1. The summed E-state index contributed by atoms with van der Waals surface area (Å²) in [6, 6.07) is 5.76. The molecule has 0 aliphatic carbocycles. The Balaban J connectivity index is 1.80. The molecule has 0 saturated carbocycles. The number of phenolic OH excluding ortho intramolecular Hbond substituents is 1. The standard InChI is InChI=1S/C12H16N4O/c1-9-3-2-4-10(12(9)17)7-13-6-5-11-14-8-15-16-11/h2-4,8,13,17H,5-7H2,1H3,(H,14,15,16). The highest BCUT2D eigenvalue weighted by molar-refractivity contribution is 5.39. The van der Waals surface area contributed by atoms with Gasteiger partial charge in [-0.15, -0.1) is 0 Å². The second-order valence-electron chi connectivity index (χ2n) is 3.94. The van der Waals surface area contributed by atoms with Crippen molar-refractivity contribution in [3.8, 4) is 5.75 Å². The number of phenols is 1. The Kier molecular flexibility index (Phi) is 3.72. The first-order valence-corrected chi connectivity index (χ1v) is 5.60. The molecule has 2 aromatic rings. The third-order valence-corrected chi connectivity index (χ3v) is 2.64. The van der Waals surface area contributed by atoms with Crippen LogP contribution in [0, 0.1) is 6.92 Å². The Morgan fingerprint density at radius 1 is 1.41 bits per heavy atom. The lowest BCUT2D eigenvalue weighted by Crippen LogP contribution is -2.17. The maximum atomic E-state index is 9.81. The minimum atomic E-state index is 0.375.